The van der Waals surface area contributed by atoms with E-state index in [2.05, 4.69) is 10.6 Å². The molecular weight excluding hydrogens is 436 g/mol. The minimum Gasteiger partial charge on any atom is -0.454 e. The normalized spacial score (nSPS) is 10.7. The number of carbonyl (C=O) groups is 3. The number of rotatable bonds is 6. The van der Waals surface area contributed by atoms with E-state index in [9.17, 15) is 14.4 Å². The molecule has 0 radical (unpaired) electrons. The quantitative estimate of drug-likeness (QED) is 0.418. The Morgan fingerprint density at radius 3 is 2.42 bits per heavy atom. The number of benzene rings is 3. The lowest BCUT2D eigenvalue weighted by Gasteiger charge is -2.09. The van der Waals surface area contributed by atoms with Crippen LogP contribution in [0, 0.1) is 0 Å². The predicted octanol–water partition coefficient (Wildman–Crippen LogP) is 4.62. The Morgan fingerprint density at radius 2 is 1.61 bits per heavy atom. The lowest BCUT2D eigenvalue weighted by Crippen LogP contribution is -2.32. The van der Waals surface area contributed by atoms with Gasteiger partial charge in [-0.05, 0) is 17.5 Å². The summed E-state index contributed by atoms with van der Waals surface area (Å²) in [5.74, 6) is -1.66. The van der Waals surface area contributed by atoms with E-state index in [0.29, 0.717) is 15.6 Å². The van der Waals surface area contributed by atoms with E-state index in [-0.39, 0.29) is 6.54 Å². The van der Waals surface area contributed by atoms with Crippen molar-refractivity contribution in [2.45, 2.75) is 0 Å². The largest absolute Gasteiger partial charge is 0.454 e. The second kappa shape index (κ2) is 9.16. The van der Waals surface area contributed by atoms with Crippen LogP contribution in [0.25, 0.3) is 20.9 Å². The van der Waals surface area contributed by atoms with Crippen molar-refractivity contribution < 1.29 is 19.1 Å². The highest BCUT2D eigenvalue weighted by Gasteiger charge is 2.18. The molecule has 0 bridgehead atoms. The summed E-state index contributed by atoms with van der Waals surface area (Å²) in [6.45, 7) is -0.827. The second-order valence-electron chi connectivity index (χ2n) is 6.66. The number of carbonyl (C=O) groups excluding carboxylic acids is 3. The zero-order valence-electron chi connectivity index (χ0n) is 16.2. The summed E-state index contributed by atoms with van der Waals surface area (Å²) in [4.78, 5) is 36.8. The first-order valence-electron chi connectivity index (χ1n) is 9.41. The highest BCUT2D eigenvalue weighted by Crippen LogP contribution is 2.34. The molecule has 1 heterocycles. The van der Waals surface area contributed by atoms with Crippen LogP contribution in [0.15, 0.2) is 66.7 Å². The fraction of sp³-hybridized carbons (Fsp3) is 0.0870. The first-order valence-corrected chi connectivity index (χ1v) is 10.6. The molecular formula is C23H17ClN2O4S. The molecule has 3 aromatic carbocycles. The Bertz CT molecular complexity index is 1300. The predicted molar refractivity (Wildman–Crippen MR) is 123 cm³/mol. The molecule has 0 saturated heterocycles. The van der Waals surface area contributed by atoms with Crippen molar-refractivity contribution in [2.75, 3.05) is 18.5 Å². The summed E-state index contributed by atoms with van der Waals surface area (Å²) >= 11 is 7.51. The Labute approximate surface area is 186 Å². The maximum absolute atomic E-state index is 12.4. The molecule has 31 heavy (non-hydrogen) atoms. The molecule has 0 unspecified atom stereocenters. The molecule has 0 spiro atoms. The van der Waals surface area contributed by atoms with Gasteiger partial charge in [0.2, 0.25) is 0 Å². The minimum absolute atomic E-state index is 0.323. The number of fused-ring (bicyclic) bond motifs is 2. The fourth-order valence-electron chi connectivity index (χ4n) is 3.11. The first-order chi connectivity index (χ1) is 15.0. The number of anilines is 1. The lowest BCUT2D eigenvalue weighted by atomic mass is 10.1. The van der Waals surface area contributed by atoms with Gasteiger partial charge in [-0.15, -0.1) is 11.3 Å². The smallest absolute Gasteiger partial charge is 0.325 e. The second-order valence-corrected chi connectivity index (χ2v) is 8.09. The summed E-state index contributed by atoms with van der Waals surface area (Å²) in [5.41, 5.74) is 0.631. The maximum Gasteiger partial charge on any atom is 0.325 e. The van der Waals surface area contributed by atoms with E-state index in [1.807, 2.05) is 60.7 Å². The zero-order chi connectivity index (χ0) is 21.8. The lowest BCUT2D eigenvalue weighted by molar-refractivity contribution is -0.146. The SMILES string of the molecule is O=C(COC(=O)CNC(=O)c1sc2ccccc2c1Cl)Nc1cccc2ccccc12. The molecule has 1 aromatic heterocycles. The van der Waals surface area contributed by atoms with Crippen molar-refractivity contribution in [3.8, 4) is 0 Å². The summed E-state index contributed by atoms with van der Waals surface area (Å²) in [6.07, 6.45) is 0. The van der Waals surface area contributed by atoms with Gasteiger partial charge in [0.15, 0.2) is 6.61 Å². The van der Waals surface area contributed by atoms with Gasteiger partial charge in [0, 0.05) is 21.2 Å². The van der Waals surface area contributed by atoms with Gasteiger partial charge >= 0.3 is 5.97 Å². The average molecular weight is 453 g/mol. The standard InChI is InChI=1S/C23H17ClN2O4S/c24-21-16-9-3-4-11-18(16)31-22(21)23(29)25-12-20(28)30-13-19(27)26-17-10-5-7-14-6-1-2-8-15(14)17/h1-11H,12-13H2,(H,25,29)(H,26,27). The molecule has 6 nitrogen and oxygen atoms in total. The van der Waals surface area contributed by atoms with Crippen LogP contribution in [0.4, 0.5) is 5.69 Å². The van der Waals surface area contributed by atoms with Gasteiger partial charge in [0.1, 0.15) is 11.4 Å². The topological polar surface area (TPSA) is 84.5 Å². The Kier molecular flexibility index (Phi) is 6.16. The van der Waals surface area contributed by atoms with Crippen molar-refractivity contribution in [2.24, 2.45) is 0 Å². The number of ether oxygens (including phenoxy) is 1. The van der Waals surface area contributed by atoms with Gasteiger partial charge in [-0.2, -0.15) is 0 Å². The third-order valence-corrected chi connectivity index (χ3v) is 6.24. The van der Waals surface area contributed by atoms with E-state index in [0.717, 1.165) is 20.9 Å². The highest BCUT2D eigenvalue weighted by atomic mass is 35.5. The van der Waals surface area contributed by atoms with Crippen molar-refractivity contribution in [3.05, 3.63) is 76.6 Å². The molecule has 0 atom stereocenters. The van der Waals surface area contributed by atoms with Crippen LogP contribution >= 0.6 is 22.9 Å². The molecule has 2 amide bonds. The third kappa shape index (κ3) is 4.68. The third-order valence-electron chi connectivity index (χ3n) is 4.56. The van der Waals surface area contributed by atoms with E-state index in [1.165, 1.54) is 11.3 Å². The van der Waals surface area contributed by atoms with Gasteiger partial charge in [-0.3, -0.25) is 14.4 Å². The van der Waals surface area contributed by atoms with Gasteiger partial charge in [0.05, 0.1) is 5.02 Å². The molecule has 0 fully saturated rings. The first kappa shape index (κ1) is 20.8. The van der Waals surface area contributed by atoms with Gasteiger partial charge in [0.25, 0.3) is 11.8 Å². The fourth-order valence-corrected chi connectivity index (χ4v) is 4.54. The van der Waals surface area contributed by atoms with Crippen LogP contribution in [0.2, 0.25) is 5.02 Å². The summed E-state index contributed by atoms with van der Waals surface area (Å²) in [7, 11) is 0. The van der Waals surface area contributed by atoms with Crippen LogP contribution in [0.1, 0.15) is 9.67 Å². The van der Waals surface area contributed by atoms with Crippen LogP contribution in [-0.2, 0) is 14.3 Å². The average Bonchev–Trinajstić information content (AvgIpc) is 3.13. The van der Waals surface area contributed by atoms with E-state index in [1.54, 1.807) is 6.07 Å². The Hall–Kier alpha value is -3.42. The summed E-state index contributed by atoms with van der Waals surface area (Å²) in [6, 6.07) is 20.6. The summed E-state index contributed by atoms with van der Waals surface area (Å²) in [5, 5.41) is 8.22. The van der Waals surface area contributed by atoms with Crippen LogP contribution in [-0.4, -0.2) is 30.9 Å². The molecule has 4 rings (SSSR count). The number of thiophene rings is 1. The number of nitrogens with one attached hydrogen (secondary N) is 2. The van der Waals surface area contributed by atoms with E-state index < -0.39 is 24.4 Å². The van der Waals surface area contributed by atoms with Crippen molar-refractivity contribution in [3.63, 3.8) is 0 Å². The van der Waals surface area contributed by atoms with Crippen LogP contribution in [0.5, 0.6) is 0 Å². The molecule has 156 valence electrons. The molecule has 2 N–H and O–H groups in total. The Balaban J connectivity index is 1.29. The van der Waals surface area contributed by atoms with E-state index in [4.69, 9.17) is 16.3 Å². The molecule has 8 heteroatoms. The van der Waals surface area contributed by atoms with E-state index >= 15 is 0 Å². The summed E-state index contributed by atoms with van der Waals surface area (Å²) < 4.78 is 5.85. The molecule has 0 aliphatic rings. The highest BCUT2D eigenvalue weighted by molar-refractivity contribution is 7.21. The molecule has 0 aliphatic heterocycles. The van der Waals surface area contributed by atoms with Crippen LogP contribution in [0.3, 0.4) is 0 Å². The number of hydrogen-bond donors (Lipinski definition) is 2. The molecule has 4 aromatic rings. The molecule has 0 aliphatic carbocycles. The van der Waals surface area contributed by atoms with Gasteiger partial charge in [-0.1, -0.05) is 66.2 Å². The monoisotopic (exact) mass is 452 g/mol. The van der Waals surface area contributed by atoms with Crippen molar-refractivity contribution >= 4 is 67.3 Å². The minimum atomic E-state index is -0.723. The number of halogens is 1. The zero-order valence-corrected chi connectivity index (χ0v) is 17.8. The number of hydrogen-bond acceptors (Lipinski definition) is 5. The van der Waals surface area contributed by atoms with Gasteiger partial charge in [-0.25, -0.2) is 0 Å². The van der Waals surface area contributed by atoms with Crippen molar-refractivity contribution in [1.29, 1.82) is 0 Å². The Morgan fingerprint density at radius 1 is 0.903 bits per heavy atom. The van der Waals surface area contributed by atoms with Crippen LogP contribution < -0.4 is 10.6 Å². The molecule has 0 saturated carbocycles. The van der Waals surface area contributed by atoms with Gasteiger partial charge < -0.3 is 15.4 Å². The number of esters is 1. The number of amides is 2. The van der Waals surface area contributed by atoms with Crippen molar-refractivity contribution in [1.82, 2.24) is 5.32 Å². The maximum atomic E-state index is 12.4.